The fourth-order valence-corrected chi connectivity index (χ4v) is 4.95. The maximum absolute atomic E-state index is 14.8. The Labute approximate surface area is 197 Å². The van der Waals surface area contributed by atoms with Crippen molar-refractivity contribution in [1.82, 2.24) is 4.72 Å². The Morgan fingerprint density at radius 1 is 1.00 bits per heavy atom. The first-order valence-electron chi connectivity index (χ1n) is 10.8. The molecule has 0 radical (unpaired) electrons. The number of rotatable bonds is 6. The second kappa shape index (κ2) is 8.11. The smallest absolute Gasteiger partial charge is 0.240 e. The monoisotopic (exact) mass is 482 g/mol. The van der Waals surface area contributed by atoms with Crippen molar-refractivity contribution in [2.75, 3.05) is 19.2 Å². The van der Waals surface area contributed by atoms with Crippen LogP contribution >= 0.6 is 0 Å². The van der Waals surface area contributed by atoms with Gasteiger partial charge < -0.3 is 14.8 Å². The number of hydrogen-bond donors (Lipinski definition) is 2. The van der Waals surface area contributed by atoms with Crippen LogP contribution in [0.1, 0.15) is 24.0 Å². The quantitative estimate of drug-likeness (QED) is 0.552. The fourth-order valence-electron chi connectivity index (χ4n) is 4.22. The summed E-state index contributed by atoms with van der Waals surface area (Å²) in [6.45, 7) is 1.91. The van der Waals surface area contributed by atoms with Crippen LogP contribution in [0.3, 0.4) is 0 Å². The molecule has 1 heterocycles. The third-order valence-corrected chi connectivity index (χ3v) is 7.85. The van der Waals surface area contributed by atoms with E-state index in [-0.39, 0.29) is 23.3 Å². The molecule has 9 heteroatoms. The molecule has 0 bridgehead atoms. The normalized spacial score (nSPS) is 15.7. The summed E-state index contributed by atoms with van der Waals surface area (Å²) < 4.78 is 51.9. The van der Waals surface area contributed by atoms with Gasteiger partial charge in [0.15, 0.2) is 11.5 Å². The van der Waals surface area contributed by atoms with E-state index in [4.69, 9.17) is 9.47 Å². The summed E-state index contributed by atoms with van der Waals surface area (Å²) >= 11 is 0. The van der Waals surface area contributed by atoms with Gasteiger partial charge in [0.1, 0.15) is 5.82 Å². The number of hydrogen-bond acceptors (Lipinski definition) is 5. The van der Waals surface area contributed by atoms with E-state index in [2.05, 4.69) is 10.0 Å². The molecule has 2 aliphatic rings. The lowest BCUT2D eigenvalue weighted by molar-refractivity contribution is -0.118. The van der Waals surface area contributed by atoms with Crippen LogP contribution in [0.5, 0.6) is 11.5 Å². The molecule has 3 aromatic carbocycles. The lowest BCUT2D eigenvalue weighted by atomic mass is 9.94. The zero-order valence-electron chi connectivity index (χ0n) is 18.6. The Bertz CT molecular complexity index is 1400. The van der Waals surface area contributed by atoms with E-state index in [0.717, 1.165) is 5.56 Å². The molecule has 34 heavy (non-hydrogen) atoms. The molecule has 3 aromatic rings. The van der Waals surface area contributed by atoms with Crippen LogP contribution < -0.4 is 19.5 Å². The molecule has 1 fully saturated rings. The van der Waals surface area contributed by atoms with Crippen LogP contribution in [-0.2, 0) is 20.2 Å². The van der Waals surface area contributed by atoms with Crippen molar-refractivity contribution in [3.8, 4) is 22.6 Å². The topological polar surface area (TPSA) is 93.7 Å². The summed E-state index contributed by atoms with van der Waals surface area (Å²) in [6.07, 6.45) is 1.31. The van der Waals surface area contributed by atoms with Crippen LogP contribution in [0, 0.1) is 12.7 Å². The van der Waals surface area contributed by atoms with Crippen molar-refractivity contribution in [3.05, 3.63) is 71.5 Å². The van der Waals surface area contributed by atoms with E-state index in [9.17, 15) is 17.6 Å². The number of anilines is 1. The third kappa shape index (κ3) is 3.80. The number of aryl methyl sites for hydroxylation is 1. The average Bonchev–Trinajstić information content (AvgIpc) is 3.51. The van der Waals surface area contributed by atoms with E-state index >= 15 is 0 Å². The van der Waals surface area contributed by atoms with Gasteiger partial charge in [-0.05, 0) is 85.5 Å². The van der Waals surface area contributed by atoms with Gasteiger partial charge in [-0.3, -0.25) is 4.79 Å². The van der Waals surface area contributed by atoms with Gasteiger partial charge in [-0.1, -0.05) is 18.2 Å². The van der Waals surface area contributed by atoms with Crippen molar-refractivity contribution in [2.24, 2.45) is 0 Å². The SMILES string of the molecule is CNS(=O)(=O)c1ccc(-c2cc(NC(=O)C3(c4ccc5c(c4)OCO5)CC3)c(F)cc2C)cc1. The van der Waals surface area contributed by atoms with Crippen LogP contribution in [0.15, 0.2) is 59.5 Å². The van der Waals surface area contributed by atoms with Crippen molar-refractivity contribution in [2.45, 2.75) is 30.1 Å². The van der Waals surface area contributed by atoms with Gasteiger partial charge in [-0.2, -0.15) is 0 Å². The predicted molar refractivity (Wildman–Crippen MR) is 125 cm³/mol. The van der Waals surface area contributed by atoms with Crippen molar-refractivity contribution >= 4 is 21.6 Å². The molecule has 1 aliphatic carbocycles. The Morgan fingerprint density at radius 2 is 1.71 bits per heavy atom. The molecule has 0 atom stereocenters. The highest BCUT2D eigenvalue weighted by Gasteiger charge is 2.51. The van der Waals surface area contributed by atoms with Gasteiger partial charge in [-0.15, -0.1) is 0 Å². The van der Waals surface area contributed by atoms with E-state index in [1.165, 1.54) is 25.2 Å². The van der Waals surface area contributed by atoms with Crippen molar-refractivity contribution < 1.29 is 27.1 Å². The number of ether oxygens (including phenoxy) is 2. The fraction of sp³-hybridized carbons (Fsp3) is 0.240. The van der Waals surface area contributed by atoms with Gasteiger partial charge in [0, 0.05) is 0 Å². The van der Waals surface area contributed by atoms with Crippen LogP contribution in [0.25, 0.3) is 11.1 Å². The second-order valence-corrected chi connectivity index (χ2v) is 10.4. The summed E-state index contributed by atoms with van der Waals surface area (Å²) in [5.41, 5.74) is 2.21. The highest BCUT2D eigenvalue weighted by molar-refractivity contribution is 7.89. The molecule has 176 valence electrons. The lowest BCUT2D eigenvalue weighted by Crippen LogP contribution is -2.28. The highest BCUT2D eigenvalue weighted by atomic mass is 32.2. The average molecular weight is 483 g/mol. The van der Waals surface area contributed by atoms with Gasteiger partial charge in [-0.25, -0.2) is 17.5 Å². The van der Waals surface area contributed by atoms with E-state index in [0.29, 0.717) is 41.0 Å². The Morgan fingerprint density at radius 3 is 2.38 bits per heavy atom. The van der Waals surface area contributed by atoms with E-state index in [1.807, 2.05) is 12.1 Å². The maximum atomic E-state index is 14.8. The molecule has 5 rings (SSSR count). The molecule has 0 spiro atoms. The zero-order valence-corrected chi connectivity index (χ0v) is 19.5. The molecular weight excluding hydrogens is 459 g/mol. The van der Waals surface area contributed by atoms with E-state index < -0.39 is 21.3 Å². The number of benzene rings is 3. The van der Waals surface area contributed by atoms with Crippen molar-refractivity contribution in [3.63, 3.8) is 0 Å². The standard InChI is InChI=1S/C25H23FN2O5S/c1-15-11-20(26)21(13-19(15)16-3-6-18(7-4-16)34(30,31)27-2)28-24(29)25(9-10-25)17-5-8-22-23(12-17)33-14-32-22/h3-8,11-13,27H,9-10,14H2,1-2H3,(H,28,29). The molecular formula is C25H23FN2O5S. The Balaban J connectivity index is 1.43. The molecule has 0 saturated heterocycles. The number of nitrogens with one attached hydrogen (secondary N) is 2. The van der Waals surface area contributed by atoms with Crippen molar-refractivity contribution in [1.29, 1.82) is 0 Å². The van der Waals surface area contributed by atoms with Gasteiger partial charge >= 0.3 is 0 Å². The molecule has 1 amide bonds. The summed E-state index contributed by atoms with van der Waals surface area (Å²) in [5, 5.41) is 2.77. The van der Waals surface area contributed by atoms with Crippen LogP contribution in [0.2, 0.25) is 0 Å². The van der Waals surface area contributed by atoms with Crippen LogP contribution in [-0.4, -0.2) is 28.2 Å². The Hall–Kier alpha value is -3.43. The zero-order chi connectivity index (χ0) is 24.1. The molecule has 7 nitrogen and oxygen atoms in total. The van der Waals surface area contributed by atoms with Gasteiger partial charge in [0.25, 0.3) is 0 Å². The number of amides is 1. The molecule has 1 aliphatic heterocycles. The van der Waals surface area contributed by atoms with Gasteiger partial charge in [0.2, 0.25) is 22.7 Å². The molecule has 2 N–H and O–H groups in total. The number of fused-ring (bicyclic) bond motifs is 1. The lowest BCUT2D eigenvalue weighted by Gasteiger charge is -2.18. The molecule has 0 aromatic heterocycles. The number of sulfonamides is 1. The number of halogens is 1. The van der Waals surface area contributed by atoms with Gasteiger partial charge in [0.05, 0.1) is 16.0 Å². The maximum Gasteiger partial charge on any atom is 0.240 e. The number of carbonyl (C=O) groups excluding carboxylic acids is 1. The highest BCUT2D eigenvalue weighted by Crippen LogP contribution is 2.51. The first kappa shape index (κ1) is 22.4. The predicted octanol–water partition coefficient (Wildman–Crippen LogP) is 4.11. The first-order chi connectivity index (χ1) is 16.2. The third-order valence-electron chi connectivity index (χ3n) is 6.42. The minimum Gasteiger partial charge on any atom is -0.454 e. The summed E-state index contributed by atoms with van der Waals surface area (Å²) in [6, 6.07) is 14.7. The molecule has 1 saturated carbocycles. The minimum absolute atomic E-state index is 0.0736. The largest absolute Gasteiger partial charge is 0.454 e. The minimum atomic E-state index is -3.56. The Kier molecular flexibility index (Phi) is 5.33. The first-order valence-corrected chi connectivity index (χ1v) is 12.3. The summed E-state index contributed by atoms with van der Waals surface area (Å²) in [5.74, 6) is 0.424. The second-order valence-electron chi connectivity index (χ2n) is 8.48. The van der Waals surface area contributed by atoms with Crippen LogP contribution in [0.4, 0.5) is 10.1 Å². The number of carbonyl (C=O) groups is 1. The molecule has 0 unspecified atom stereocenters. The van der Waals surface area contributed by atoms with E-state index in [1.54, 1.807) is 31.2 Å². The summed E-state index contributed by atoms with van der Waals surface area (Å²) in [7, 11) is -2.22. The summed E-state index contributed by atoms with van der Waals surface area (Å²) in [4.78, 5) is 13.4.